The first-order valence-electron chi connectivity index (χ1n) is 21.6. The van der Waals surface area contributed by atoms with Gasteiger partial charge in [0.2, 0.25) is 0 Å². The first kappa shape index (κ1) is 52.7. The Kier molecular flexibility index (Phi) is 36.3. The van der Waals surface area contributed by atoms with Crippen molar-refractivity contribution in [3.63, 3.8) is 0 Å². The quantitative estimate of drug-likeness (QED) is 0.0200. The summed E-state index contributed by atoms with van der Waals surface area (Å²) in [5, 5.41) is 11.7. The van der Waals surface area contributed by atoms with E-state index in [1.54, 1.807) is 6.08 Å². The summed E-state index contributed by atoms with van der Waals surface area (Å²) in [5.74, 6) is -2.47. The Morgan fingerprint density at radius 3 is 1.59 bits per heavy atom. The molecule has 0 amide bonds. The second-order valence-electron chi connectivity index (χ2n) is 15.3. The number of quaternary nitrogens is 1. The van der Waals surface area contributed by atoms with Crippen LogP contribution in [-0.4, -0.2) is 82.3 Å². The van der Waals surface area contributed by atoms with Crippen LogP contribution in [0.2, 0.25) is 0 Å². The van der Waals surface area contributed by atoms with Crippen molar-refractivity contribution in [2.24, 2.45) is 0 Å². The smallest absolute Gasteiger partial charge is 0.310 e. The summed E-state index contributed by atoms with van der Waals surface area (Å²) < 4.78 is 22.4. The normalized spacial score (nSPS) is 13.7. The highest BCUT2D eigenvalue weighted by Crippen LogP contribution is 2.12. The van der Waals surface area contributed by atoms with E-state index in [0.29, 0.717) is 23.9 Å². The number of carbonyl (C=O) groups is 3. The largest absolute Gasteiger partial charge is 0.545 e. The van der Waals surface area contributed by atoms with E-state index in [2.05, 4.69) is 68.5 Å². The zero-order valence-corrected chi connectivity index (χ0v) is 36.0. The maximum atomic E-state index is 12.7. The molecule has 9 nitrogen and oxygen atoms in total. The molecule has 2 atom stereocenters. The number of hydrogen-bond acceptors (Lipinski definition) is 8. The van der Waals surface area contributed by atoms with E-state index in [4.69, 9.17) is 18.9 Å². The molecule has 0 bridgehead atoms. The minimum absolute atomic E-state index is 0.0108. The lowest BCUT2D eigenvalue weighted by Gasteiger charge is -2.26. The van der Waals surface area contributed by atoms with Crippen LogP contribution < -0.4 is 5.11 Å². The van der Waals surface area contributed by atoms with Gasteiger partial charge in [-0.1, -0.05) is 145 Å². The molecule has 0 spiro atoms. The number of allylic oxidation sites excluding steroid dienone is 11. The van der Waals surface area contributed by atoms with Crippen LogP contribution in [0.3, 0.4) is 0 Å². The molecular weight excluding hydrogens is 707 g/mol. The Labute approximate surface area is 341 Å². The summed E-state index contributed by atoms with van der Waals surface area (Å²) in [5.41, 5.74) is 0. The second-order valence-corrected chi connectivity index (χ2v) is 15.3. The van der Waals surface area contributed by atoms with Gasteiger partial charge in [-0.2, -0.15) is 0 Å². The molecular formula is C47H79NO8. The van der Waals surface area contributed by atoms with Crippen molar-refractivity contribution in [3.8, 4) is 0 Å². The van der Waals surface area contributed by atoms with E-state index in [-0.39, 0.29) is 32.7 Å². The fourth-order valence-electron chi connectivity index (χ4n) is 5.37. The molecule has 0 aliphatic carbocycles. The Morgan fingerprint density at radius 2 is 1.07 bits per heavy atom. The number of esters is 2. The number of ether oxygens (including phenoxy) is 4. The predicted molar refractivity (Wildman–Crippen MR) is 228 cm³/mol. The van der Waals surface area contributed by atoms with Gasteiger partial charge in [0.15, 0.2) is 12.4 Å². The van der Waals surface area contributed by atoms with Gasteiger partial charge in [0.05, 0.1) is 46.7 Å². The molecule has 0 aromatic carbocycles. The molecule has 2 unspecified atom stereocenters. The molecule has 0 aromatic heterocycles. The van der Waals surface area contributed by atoms with Gasteiger partial charge in [-0.05, 0) is 64.2 Å². The van der Waals surface area contributed by atoms with Gasteiger partial charge < -0.3 is 33.3 Å². The Bertz CT molecular complexity index is 1150. The molecule has 0 saturated carbocycles. The van der Waals surface area contributed by atoms with Crippen LogP contribution in [-0.2, 0) is 33.3 Å². The molecule has 9 heteroatoms. The summed E-state index contributed by atoms with van der Waals surface area (Å²) in [6.45, 7) is 4.47. The van der Waals surface area contributed by atoms with E-state index in [1.165, 1.54) is 51.4 Å². The molecule has 0 fully saturated rings. The molecule has 0 heterocycles. The predicted octanol–water partition coefficient (Wildman–Crippen LogP) is 9.83. The van der Waals surface area contributed by atoms with Gasteiger partial charge in [-0.3, -0.25) is 9.59 Å². The molecule has 0 radical (unpaired) electrons. The number of nitrogens with zero attached hydrogens (tertiary/aromatic N) is 1. The topological polar surface area (TPSA) is 111 Å². The molecule has 0 rings (SSSR count). The lowest BCUT2D eigenvalue weighted by molar-refractivity contribution is -0.870. The van der Waals surface area contributed by atoms with Gasteiger partial charge in [0.25, 0.3) is 0 Å². The summed E-state index contributed by atoms with van der Waals surface area (Å²) in [6, 6.07) is 0. The van der Waals surface area contributed by atoms with Crippen LogP contribution in [0.4, 0.5) is 0 Å². The second kappa shape index (κ2) is 38.6. The lowest BCUT2D eigenvalue weighted by atomic mass is 10.1. The monoisotopic (exact) mass is 786 g/mol. The van der Waals surface area contributed by atoms with Crippen molar-refractivity contribution in [1.82, 2.24) is 0 Å². The average Bonchev–Trinajstić information content (AvgIpc) is 3.15. The van der Waals surface area contributed by atoms with E-state index >= 15 is 0 Å². The van der Waals surface area contributed by atoms with Crippen LogP contribution in [0.15, 0.2) is 72.9 Å². The summed E-state index contributed by atoms with van der Waals surface area (Å²) in [6.07, 6.45) is 43.9. The Hall–Kier alpha value is -3.27. The average molecular weight is 786 g/mol. The molecule has 320 valence electrons. The maximum absolute atomic E-state index is 12.7. The fraction of sp³-hybridized carbons (Fsp3) is 0.681. The number of rotatable bonds is 38. The minimum Gasteiger partial charge on any atom is -0.545 e. The first-order chi connectivity index (χ1) is 27.1. The third-order valence-corrected chi connectivity index (χ3v) is 8.72. The first-order valence-corrected chi connectivity index (χ1v) is 21.6. The molecule has 0 aliphatic rings. The van der Waals surface area contributed by atoms with Gasteiger partial charge in [0.1, 0.15) is 13.2 Å². The maximum Gasteiger partial charge on any atom is 0.310 e. The van der Waals surface area contributed by atoms with Gasteiger partial charge in [-0.15, -0.1) is 0 Å². The number of aliphatic carboxylic acids is 1. The lowest BCUT2D eigenvalue weighted by Crippen LogP contribution is -2.44. The Morgan fingerprint density at radius 1 is 0.571 bits per heavy atom. The zero-order valence-electron chi connectivity index (χ0n) is 36.0. The minimum atomic E-state index is -1.65. The Balaban J connectivity index is 4.62. The van der Waals surface area contributed by atoms with Gasteiger partial charge >= 0.3 is 11.9 Å². The third-order valence-electron chi connectivity index (χ3n) is 8.72. The van der Waals surface area contributed by atoms with Crippen molar-refractivity contribution >= 4 is 17.9 Å². The molecule has 0 aromatic rings. The van der Waals surface area contributed by atoms with Crippen LogP contribution >= 0.6 is 0 Å². The van der Waals surface area contributed by atoms with Crippen molar-refractivity contribution in [2.75, 3.05) is 47.5 Å². The standard InChI is InChI=1S/C47H79NO8/c1-6-8-10-12-14-16-18-20-22-24-25-27-29-31-33-35-37-44(49)54-41-43(42-55-47(46(51)52)53-40-39-48(3,4)5)56-45(50)38-36-34-32-30-28-26-23-21-19-17-15-13-11-9-7-2/h9,11,15,17,21-24,28,30,34,36,43,47H,6-8,10,12-14,16,18-20,25-27,29,31-33,35,37-42H2,1-5H3/b11-9-,17-15-,23-21-,24-22-,30-28-,36-34-. The van der Waals surface area contributed by atoms with E-state index in [1.807, 2.05) is 33.3 Å². The zero-order chi connectivity index (χ0) is 41.4. The molecule has 56 heavy (non-hydrogen) atoms. The van der Waals surface area contributed by atoms with E-state index in [0.717, 1.165) is 57.8 Å². The number of carboxylic acid groups (broad SMARTS) is 1. The highest BCUT2D eigenvalue weighted by Gasteiger charge is 2.21. The summed E-state index contributed by atoms with van der Waals surface area (Å²) >= 11 is 0. The van der Waals surface area contributed by atoms with Crippen molar-refractivity contribution < 1.29 is 42.9 Å². The van der Waals surface area contributed by atoms with Crippen molar-refractivity contribution in [3.05, 3.63) is 72.9 Å². The van der Waals surface area contributed by atoms with Crippen LogP contribution in [0.25, 0.3) is 0 Å². The van der Waals surface area contributed by atoms with Crippen LogP contribution in [0, 0.1) is 0 Å². The molecule has 0 aliphatic heterocycles. The summed E-state index contributed by atoms with van der Waals surface area (Å²) in [7, 11) is 5.87. The number of carboxylic acids is 1. The number of likely N-dealkylation sites (N-methyl/N-ethyl adjacent to an activating group) is 1. The van der Waals surface area contributed by atoms with E-state index in [9.17, 15) is 19.5 Å². The highest BCUT2D eigenvalue weighted by atomic mass is 16.7. The number of unbranched alkanes of at least 4 members (excludes halogenated alkanes) is 12. The van der Waals surface area contributed by atoms with Gasteiger partial charge in [0, 0.05) is 6.42 Å². The number of hydrogen-bond donors (Lipinski definition) is 0. The SMILES string of the molecule is CC/C=C\C/C=C\C/C=C\C/C=C\C/C=C\CC(=O)OC(COC(=O)CCCCCCC/C=C\CCCCCCCCC)COC(OCC[N+](C)(C)C)C(=O)[O-]. The van der Waals surface area contributed by atoms with Crippen LogP contribution in [0.1, 0.15) is 149 Å². The van der Waals surface area contributed by atoms with Crippen LogP contribution in [0.5, 0.6) is 0 Å². The van der Waals surface area contributed by atoms with E-state index < -0.39 is 30.3 Å². The highest BCUT2D eigenvalue weighted by molar-refractivity contribution is 5.71. The van der Waals surface area contributed by atoms with Crippen molar-refractivity contribution in [2.45, 2.75) is 161 Å². The molecule has 0 N–H and O–H groups in total. The van der Waals surface area contributed by atoms with Gasteiger partial charge in [-0.25, -0.2) is 0 Å². The third kappa shape index (κ3) is 39.0. The summed E-state index contributed by atoms with van der Waals surface area (Å²) in [4.78, 5) is 36.8. The number of carbonyl (C=O) groups excluding carboxylic acids is 3. The van der Waals surface area contributed by atoms with Crippen molar-refractivity contribution in [1.29, 1.82) is 0 Å². The molecule has 0 saturated heterocycles. The fourth-order valence-corrected chi connectivity index (χ4v) is 5.37.